The van der Waals surface area contributed by atoms with E-state index in [0.717, 1.165) is 15.9 Å². The van der Waals surface area contributed by atoms with E-state index in [0.29, 0.717) is 16.5 Å². The Balaban J connectivity index is 2.12. The zero-order chi connectivity index (χ0) is 14.1. The fourth-order valence-corrected chi connectivity index (χ4v) is 2.63. The van der Waals surface area contributed by atoms with Crippen molar-refractivity contribution in [3.05, 3.63) is 58.4 Å². The Bertz CT molecular complexity index is 752. The van der Waals surface area contributed by atoms with Crippen molar-refractivity contribution in [2.45, 2.75) is 0 Å². The molecule has 6 heteroatoms. The number of nitrogens with zero attached hydrogens (tertiary/aromatic N) is 3. The van der Waals surface area contributed by atoms with Crippen LogP contribution in [0, 0.1) is 0 Å². The molecule has 0 saturated carbocycles. The molecule has 2 aromatic heterocycles. The summed E-state index contributed by atoms with van der Waals surface area (Å²) in [6, 6.07) is 9.31. The second-order valence-electron chi connectivity index (χ2n) is 4.20. The lowest BCUT2D eigenvalue weighted by Gasteiger charge is -2.09. The molecule has 0 saturated heterocycles. The van der Waals surface area contributed by atoms with Crippen LogP contribution >= 0.6 is 27.5 Å². The molecular formula is C14H10BrClN4. The van der Waals surface area contributed by atoms with Gasteiger partial charge in [0.05, 0.1) is 5.02 Å². The molecule has 0 aliphatic carbocycles. The first kappa shape index (κ1) is 13.1. The molecule has 0 aliphatic heterocycles. The Morgan fingerprint density at radius 2 is 1.90 bits per heavy atom. The maximum absolute atomic E-state index is 6.24. The molecule has 2 N–H and O–H groups in total. The molecule has 3 rings (SSSR count). The lowest BCUT2D eigenvalue weighted by Crippen LogP contribution is -2.00. The molecule has 3 aromatic rings. The largest absolute Gasteiger partial charge is 0.399 e. The van der Waals surface area contributed by atoms with Crippen LogP contribution in [0.4, 0.5) is 5.69 Å². The average molecular weight is 350 g/mol. The quantitative estimate of drug-likeness (QED) is 0.713. The summed E-state index contributed by atoms with van der Waals surface area (Å²) in [6.45, 7) is 0. The highest BCUT2D eigenvalue weighted by Crippen LogP contribution is 2.27. The van der Waals surface area contributed by atoms with Gasteiger partial charge in [0.25, 0.3) is 0 Å². The molecular weight excluding hydrogens is 340 g/mol. The van der Waals surface area contributed by atoms with Gasteiger partial charge in [0.15, 0.2) is 5.82 Å². The van der Waals surface area contributed by atoms with Crippen LogP contribution in [0.5, 0.6) is 0 Å². The molecule has 0 bridgehead atoms. The Hall–Kier alpha value is -1.85. The van der Waals surface area contributed by atoms with E-state index >= 15 is 0 Å². The minimum atomic E-state index is 0.550. The SMILES string of the molecule is Nc1ccc(-c2nccn2-c2ncc(Br)cc2Cl)cc1. The van der Waals surface area contributed by atoms with Gasteiger partial charge in [-0.15, -0.1) is 0 Å². The Kier molecular flexibility index (Phi) is 3.46. The zero-order valence-corrected chi connectivity index (χ0v) is 12.6. The molecule has 2 heterocycles. The summed E-state index contributed by atoms with van der Waals surface area (Å²) in [5.74, 6) is 1.40. The Labute approximate surface area is 129 Å². The van der Waals surface area contributed by atoms with E-state index in [-0.39, 0.29) is 0 Å². The fourth-order valence-electron chi connectivity index (χ4n) is 1.90. The van der Waals surface area contributed by atoms with Gasteiger partial charge in [-0.3, -0.25) is 4.57 Å². The van der Waals surface area contributed by atoms with E-state index in [9.17, 15) is 0 Å². The number of imidazole rings is 1. The van der Waals surface area contributed by atoms with Gasteiger partial charge in [-0.2, -0.15) is 0 Å². The first-order valence-electron chi connectivity index (χ1n) is 5.86. The van der Waals surface area contributed by atoms with Gasteiger partial charge in [-0.05, 0) is 46.3 Å². The summed E-state index contributed by atoms with van der Waals surface area (Å²) in [6.07, 6.45) is 5.24. The molecule has 100 valence electrons. The van der Waals surface area contributed by atoms with Crippen LogP contribution in [0.3, 0.4) is 0 Å². The van der Waals surface area contributed by atoms with Crippen LogP contribution in [-0.2, 0) is 0 Å². The van der Waals surface area contributed by atoms with Crippen LogP contribution < -0.4 is 5.73 Å². The number of anilines is 1. The first-order chi connectivity index (χ1) is 9.65. The summed E-state index contributed by atoms with van der Waals surface area (Å²) in [4.78, 5) is 8.71. The summed E-state index contributed by atoms with van der Waals surface area (Å²) in [5.41, 5.74) is 7.37. The summed E-state index contributed by atoms with van der Waals surface area (Å²) in [5, 5.41) is 0.550. The van der Waals surface area contributed by atoms with Crippen molar-refractivity contribution in [2.75, 3.05) is 5.73 Å². The average Bonchev–Trinajstić information content (AvgIpc) is 2.88. The van der Waals surface area contributed by atoms with E-state index in [4.69, 9.17) is 17.3 Å². The number of benzene rings is 1. The third kappa shape index (κ3) is 2.42. The molecule has 1 aromatic carbocycles. The molecule has 4 nitrogen and oxygen atoms in total. The molecule has 0 unspecified atom stereocenters. The van der Waals surface area contributed by atoms with Crippen molar-refractivity contribution in [1.29, 1.82) is 0 Å². The molecule has 0 radical (unpaired) electrons. The molecule has 0 aliphatic rings. The molecule has 20 heavy (non-hydrogen) atoms. The van der Waals surface area contributed by atoms with Crippen molar-refractivity contribution in [1.82, 2.24) is 14.5 Å². The van der Waals surface area contributed by atoms with E-state index < -0.39 is 0 Å². The van der Waals surface area contributed by atoms with E-state index in [1.807, 2.05) is 35.0 Å². The predicted octanol–water partition coefficient (Wildman–Crippen LogP) is 3.93. The van der Waals surface area contributed by atoms with Crippen LogP contribution in [0.1, 0.15) is 0 Å². The lowest BCUT2D eigenvalue weighted by atomic mass is 10.2. The highest BCUT2D eigenvalue weighted by atomic mass is 79.9. The monoisotopic (exact) mass is 348 g/mol. The normalized spacial score (nSPS) is 10.7. The minimum Gasteiger partial charge on any atom is -0.399 e. The van der Waals surface area contributed by atoms with Gasteiger partial charge in [0.1, 0.15) is 5.82 Å². The van der Waals surface area contributed by atoms with Gasteiger partial charge in [0.2, 0.25) is 0 Å². The van der Waals surface area contributed by atoms with E-state index in [1.54, 1.807) is 18.5 Å². The number of nitrogen functional groups attached to an aromatic ring is 1. The molecule has 0 fully saturated rings. The van der Waals surface area contributed by atoms with Crippen molar-refractivity contribution in [2.24, 2.45) is 0 Å². The van der Waals surface area contributed by atoms with E-state index in [1.165, 1.54) is 0 Å². The summed E-state index contributed by atoms with van der Waals surface area (Å²) >= 11 is 9.59. The number of nitrogens with two attached hydrogens (primary N) is 1. The molecule has 0 atom stereocenters. The summed E-state index contributed by atoms with van der Waals surface area (Å²) in [7, 11) is 0. The lowest BCUT2D eigenvalue weighted by molar-refractivity contribution is 1.00. The van der Waals surface area contributed by atoms with Crippen LogP contribution in [0.2, 0.25) is 5.02 Å². The van der Waals surface area contributed by atoms with Crippen LogP contribution in [0.15, 0.2) is 53.4 Å². The van der Waals surface area contributed by atoms with Crippen molar-refractivity contribution in [3.63, 3.8) is 0 Å². The smallest absolute Gasteiger partial charge is 0.157 e. The minimum absolute atomic E-state index is 0.550. The highest BCUT2D eigenvalue weighted by Gasteiger charge is 2.11. The van der Waals surface area contributed by atoms with Crippen LogP contribution in [0.25, 0.3) is 17.2 Å². The number of halogens is 2. The predicted molar refractivity (Wildman–Crippen MR) is 83.9 cm³/mol. The second-order valence-corrected chi connectivity index (χ2v) is 5.52. The number of aromatic nitrogens is 3. The second kappa shape index (κ2) is 5.26. The summed E-state index contributed by atoms with van der Waals surface area (Å²) < 4.78 is 2.68. The molecule has 0 spiro atoms. The van der Waals surface area contributed by atoms with Gasteiger partial charge in [0, 0.05) is 34.3 Å². The topological polar surface area (TPSA) is 56.7 Å². The Morgan fingerprint density at radius 1 is 1.15 bits per heavy atom. The third-order valence-electron chi connectivity index (χ3n) is 2.83. The van der Waals surface area contributed by atoms with Crippen molar-refractivity contribution < 1.29 is 0 Å². The fraction of sp³-hybridized carbons (Fsp3) is 0. The van der Waals surface area contributed by atoms with Crippen molar-refractivity contribution in [3.8, 4) is 17.2 Å². The standard InChI is InChI=1S/C14H10BrClN4/c15-10-7-12(16)14(19-8-10)20-6-5-18-13(20)9-1-3-11(17)4-2-9/h1-8H,17H2. The van der Waals surface area contributed by atoms with E-state index in [2.05, 4.69) is 25.9 Å². The van der Waals surface area contributed by atoms with Gasteiger partial charge in [-0.1, -0.05) is 11.6 Å². The Morgan fingerprint density at radius 3 is 2.60 bits per heavy atom. The first-order valence-corrected chi connectivity index (χ1v) is 7.03. The maximum atomic E-state index is 6.24. The number of hydrogen-bond donors (Lipinski definition) is 1. The number of pyridine rings is 1. The molecule has 0 amide bonds. The zero-order valence-electron chi connectivity index (χ0n) is 10.3. The van der Waals surface area contributed by atoms with Gasteiger partial charge in [-0.25, -0.2) is 9.97 Å². The maximum Gasteiger partial charge on any atom is 0.157 e. The van der Waals surface area contributed by atoms with Crippen molar-refractivity contribution >= 4 is 33.2 Å². The van der Waals surface area contributed by atoms with Gasteiger partial charge < -0.3 is 5.73 Å². The number of rotatable bonds is 2. The van der Waals surface area contributed by atoms with Crippen LogP contribution in [-0.4, -0.2) is 14.5 Å². The number of hydrogen-bond acceptors (Lipinski definition) is 3. The third-order valence-corrected chi connectivity index (χ3v) is 3.54. The van der Waals surface area contributed by atoms with Gasteiger partial charge >= 0.3 is 0 Å². The highest BCUT2D eigenvalue weighted by molar-refractivity contribution is 9.10.